The van der Waals surface area contributed by atoms with Crippen LogP contribution in [-0.4, -0.2) is 29.6 Å². The molecule has 0 aliphatic heterocycles. The van der Waals surface area contributed by atoms with Crippen molar-refractivity contribution < 1.29 is 14.7 Å². The van der Waals surface area contributed by atoms with E-state index >= 15 is 0 Å². The molecule has 1 unspecified atom stereocenters. The average molecular weight is 290 g/mol. The van der Waals surface area contributed by atoms with Gasteiger partial charge in [-0.2, -0.15) is 0 Å². The van der Waals surface area contributed by atoms with E-state index in [0.717, 1.165) is 18.4 Å². The van der Waals surface area contributed by atoms with E-state index in [1.165, 1.54) is 0 Å². The van der Waals surface area contributed by atoms with Gasteiger partial charge in [-0.3, -0.25) is 9.59 Å². The van der Waals surface area contributed by atoms with Crippen molar-refractivity contribution in [1.82, 2.24) is 5.32 Å². The Labute approximate surface area is 124 Å². The van der Waals surface area contributed by atoms with Gasteiger partial charge in [-0.15, -0.1) is 0 Å². The molecule has 21 heavy (non-hydrogen) atoms. The Bertz CT molecular complexity index is 498. The Morgan fingerprint density at radius 3 is 2.48 bits per heavy atom. The SMILES string of the molecule is NC(CCc1ccccc1)C(=O)NCC1(C(=O)O)CCC1. The van der Waals surface area contributed by atoms with Gasteiger partial charge in [-0.05, 0) is 31.2 Å². The van der Waals surface area contributed by atoms with E-state index in [-0.39, 0.29) is 12.5 Å². The van der Waals surface area contributed by atoms with Gasteiger partial charge in [0.2, 0.25) is 5.91 Å². The molecule has 1 atom stereocenters. The van der Waals surface area contributed by atoms with E-state index in [9.17, 15) is 14.7 Å². The number of nitrogens with one attached hydrogen (secondary N) is 1. The number of benzene rings is 1. The van der Waals surface area contributed by atoms with Crippen molar-refractivity contribution in [3.05, 3.63) is 35.9 Å². The number of aliphatic carboxylic acids is 1. The molecule has 0 bridgehead atoms. The maximum atomic E-state index is 11.9. The van der Waals surface area contributed by atoms with Crippen LogP contribution in [0.15, 0.2) is 30.3 Å². The van der Waals surface area contributed by atoms with Crippen molar-refractivity contribution in [2.75, 3.05) is 6.54 Å². The van der Waals surface area contributed by atoms with Crippen LogP contribution in [0.5, 0.6) is 0 Å². The smallest absolute Gasteiger partial charge is 0.311 e. The summed E-state index contributed by atoms with van der Waals surface area (Å²) in [6.45, 7) is 0.181. The van der Waals surface area contributed by atoms with Crippen molar-refractivity contribution in [3.63, 3.8) is 0 Å². The minimum absolute atomic E-state index is 0.181. The lowest BCUT2D eigenvalue weighted by Gasteiger charge is -2.37. The van der Waals surface area contributed by atoms with Crippen LogP contribution < -0.4 is 11.1 Å². The van der Waals surface area contributed by atoms with Crippen molar-refractivity contribution in [2.45, 2.75) is 38.1 Å². The van der Waals surface area contributed by atoms with Gasteiger partial charge in [0.15, 0.2) is 0 Å². The van der Waals surface area contributed by atoms with Crippen molar-refractivity contribution in [3.8, 4) is 0 Å². The number of amides is 1. The number of carbonyl (C=O) groups is 2. The zero-order valence-corrected chi connectivity index (χ0v) is 12.0. The normalized spacial score (nSPS) is 17.6. The zero-order valence-electron chi connectivity index (χ0n) is 12.0. The van der Waals surface area contributed by atoms with Gasteiger partial charge in [0.05, 0.1) is 11.5 Å². The second-order valence-corrected chi connectivity index (χ2v) is 5.79. The van der Waals surface area contributed by atoms with Crippen LogP contribution in [0.1, 0.15) is 31.2 Å². The third-order valence-electron chi connectivity index (χ3n) is 4.29. The number of nitrogens with two attached hydrogens (primary N) is 1. The number of carbonyl (C=O) groups excluding carboxylic acids is 1. The van der Waals surface area contributed by atoms with Crippen molar-refractivity contribution >= 4 is 11.9 Å². The predicted molar refractivity (Wildman–Crippen MR) is 79.7 cm³/mol. The van der Waals surface area contributed by atoms with E-state index in [1.807, 2.05) is 30.3 Å². The molecular weight excluding hydrogens is 268 g/mol. The monoisotopic (exact) mass is 290 g/mol. The molecule has 0 radical (unpaired) electrons. The molecule has 0 spiro atoms. The number of carboxylic acids is 1. The second-order valence-electron chi connectivity index (χ2n) is 5.79. The molecule has 0 heterocycles. The highest BCUT2D eigenvalue weighted by molar-refractivity contribution is 5.83. The lowest BCUT2D eigenvalue weighted by atomic mass is 9.69. The molecule has 4 N–H and O–H groups in total. The molecule has 0 aromatic heterocycles. The van der Waals surface area contributed by atoms with Crippen LogP contribution in [-0.2, 0) is 16.0 Å². The molecule has 1 aromatic rings. The first-order valence-electron chi connectivity index (χ1n) is 7.34. The van der Waals surface area contributed by atoms with Gasteiger partial charge in [0.1, 0.15) is 0 Å². The predicted octanol–water partition coefficient (Wildman–Crippen LogP) is 1.32. The van der Waals surface area contributed by atoms with Gasteiger partial charge in [-0.25, -0.2) is 0 Å². The van der Waals surface area contributed by atoms with Gasteiger partial charge in [0.25, 0.3) is 0 Å². The Kier molecular flexibility index (Phi) is 4.96. The summed E-state index contributed by atoms with van der Waals surface area (Å²) in [6, 6.07) is 9.25. The summed E-state index contributed by atoms with van der Waals surface area (Å²) >= 11 is 0. The maximum Gasteiger partial charge on any atom is 0.311 e. The molecule has 1 amide bonds. The molecule has 5 heteroatoms. The molecule has 1 fully saturated rings. The van der Waals surface area contributed by atoms with E-state index < -0.39 is 17.4 Å². The summed E-state index contributed by atoms with van der Waals surface area (Å²) in [5.41, 5.74) is 6.24. The molecule has 2 rings (SSSR count). The Morgan fingerprint density at radius 1 is 1.29 bits per heavy atom. The van der Waals surface area contributed by atoms with Gasteiger partial charge >= 0.3 is 5.97 Å². The van der Waals surface area contributed by atoms with Gasteiger partial charge < -0.3 is 16.2 Å². The first kappa shape index (κ1) is 15.5. The fraction of sp³-hybridized carbons (Fsp3) is 0.500. The third kappa shape index (κ3) is 3.82. The van der Waals surface area contributed by atoms with Crippen LogP contribution >= 0.6 is 0 Å². The largest absolute Gasteiger partial charge is 0.481 e. The molecule has 1 aromatic carbocycles. The van der Waals surface area contributed by atoms with Crippen molar-refractivity contribution in [1.29, 1.82) is 0 Å². The summed E-state index contributed by atoms with van der Waals surface area (Å²) in [5, 5.41) is 11.9. The summed E-state index contributed by atoms with van der Waals surface area (Å²) < 4.78 is 0. The van der Waals surface area contributed by atoms with Gasteiger partial charge in [0, 0.05) is 6.54 Å². The summed E-state index contributed by atoms with van der Waals surface area (Å²) in [4.78, 5) is 23.2. The minimum Gasteiger partial charge on any atom is -0.481 e. The fourth-order valence-corrected chi connectivity index (χ4v) is 2.56. The van der Waals surface area contributed by atoms with E-state index in [1.54, 1.807) is 0 Å². The lowest BCUT2D eigenvalue weighted by molar-refractivity contribution is -0.154. The Hall–Kier alpha value is -1.88. The van der Waals surface area contributed by atoms with E-state index in [0.29, 0.717) is 19.3 Å². The molecule has 5 nitrogen and oxygen atoms in total. The zero-order chi connectivity index (χ0) is 15.3. The second kappa shape index (κ2) is 6.72. The van der Waals surface area contributed by atoms with Crippen LogP contribution in [0.25, 0.3) is 0 Å². The number of hydrogen-bond donors (Lipinski definition) is 3. The van der Waals surface area contributed by atoms with Crippen LogP contribution in [0, 0.1) is 5.41 Å². The number of carboxylic acid groups (broad SMARTS) is 1. The topological polar surface area (TPSA) is 92.4 Å². The van der Waals surface area contributed by atoms with Gasteiger partial charge in [-0.1, -0.05) is 36.8 Å². The summed E-state index contributed by atoms with van der Waals surface area (Å²) in [5.74, 6) is -1.09. The van der Waals surface area contributed by atoms with E-state index in [2.05, 4.69) is 5.32 Å². The molecule has 1 saturated carbocycles. The summed E-state index contributed by atoms with van der Waals surface area (Å²) in [6.07, 6.45) is 3.45. The highest BCUT2D eigenvalue weighted by Crippen LogP contribution is 2.40. The number of hydrogen-bond acceptors (Lipinski definition) is 3. The molecule has 1 aliphatic rings. The Morgan fingerprint density at radius 2 is 1.95 bits per heavy atom. The highest BCUT2D eigenvalue weighted by atomic mass is 16.4. The van der Waals surface area contributed by atoms with E-state index in [4.69, 9.17) is 5.73 Å². The summed E-state index contributed by atoms with van der Waals surface area (Å²) in [7, 11) is 0. The number of aryl methyl sites for hydroxylation is 1. The minimum atomic E-state index is -0.827. The first-order valence-corrected chi connectivity index (χ1v) is 7.34. The average Bonchev–Trinajstić information content (AvgIpc) is 2.44. The fourth-order valence-electron chi connectivity index (χ4n) is 2.56. The molecule has 1 aliphatic carbocycles. The lowest BCUT2D eigenvalue weighted by Crippen LogP contribution is -2.51. The molecule has 0 saturated heterocycles. The Balaban J connectivity index is 1.76. The number of rotatable bonds is 7. The molecular formula is C16H22N2O3. The maximum absolute atomic E-state index is 11.9. The molecule has 114 valence electrons. The first-order chi connectivity index (χ1) is 10.0. The van der Waals surface area contributed by atoms with Crippen LogP contribution in [0.2, 0.25) is 0 Å². The quantitative estimate of drug-likeness (QED) is 0.706. The third-order valence-corrected chi connectivity index (χ3v) is 4.29. The van der Waals surface area contributed by atoms with Crippen molar-refractivity contribution in [2.24, 2.45) is 11.1 Å². The van der Waals surface area contributed by atoms with Crippen LogP contribution in [0.4, 0.5) is 0 Å². The highest BCUT2D eigenvalue weighted by Gasteiger charge is 2.44. The standard InChI is InChI=1S/C16H22N2O3/c17-13(8-7-12-5-2-1-3-6-12)14(19)18-11-16(15(20)21)9-4-10-16/h1-3,5-6,13H,4,7-11,17H2,(H,18,19)(H,20,21). The van der Waals surface area contributed by atoms with Crippen LogP contribution in [0.3, 0.4) is 0 Å².